The Balaban J connectivity index is 1.93. The number of aliphatic hydroxyl groups excluding tert-OH is 1. The first-order valence-electron chi connectivity index (χ1n) is 4.02. The average molecular weight is 126 g/mol. The zero-order valence-electron chi connectivity index (χ0n) is 5.71. The van der Waals surface area contributed by atoms with E-state index in [4.69, 9.17) is 5.11 Å². The van der Waals surface area contributed by atoms with Crippen LogP contribution in [-0.2, 0) is 0 Å². The molecule has 2 rings (SSSR count). The van der Waals surface area contributed by atoms with Gasteiger partial charge in [0.2, 0.25) is 0 Å². The van der Waals surface area contributed by atoms with Crippen LogP contribution in [0.2, 0.25) is 0 Å². The summed E-state index contributed by atoms with van der Waals surface area (Å²) in [6.45, 7) is 0.446. The van der Waals surface area contributed by atoms with Crippen molar-refractivity contribution in [1.29, 1.82) is 0 Å². The second kappa shape index (κ2) is 1.98. The summed E-state index contributed by atoms with van der Waals surface area (Å²) in [4.78, 5) is 0. The summed E-state index contributed by atoms with van der Waals surface area (Å²) >= 11 is 0. The van der Waals surface area contributed by atoms with Crippen molar-refractivity contribution in [3.05, 3.63) is 0 Å². The summed E-state index contributed by atoms with van der Waals surface area (Å²) in [6, 6.07) is 0. The van der Waals surface area contributed by atoms with Crippen molar-refractivity contribution in [2.45, 2.75) is 25.7 Å². The van der Waals surface area contributed by atoms with Gasteiger partial charge < -0.3 is 5.11 Å². The molecule has 0 aromatic heterocycles. The monoisotopic (exact) mass is 126 g/mol. The number of hydrogen-bond acceptors (Lipinski definition) is 1. The molecule has 1 nitrogen and oxygen atoms in total. The first-order chi connectivity index (χ1) is 4.42. The lowest BCUT2D eigenvalue weighted by Crippen LogP contribution is -2.34. The Morgan fingerprint density at radius 1 is 1.33 bits per heavy atom. The van der Waals surface area contributed by atoms with Crippen LogP contribution in [0.15, 0.2) is 0 Å². The highest BCUT2D eigenvalue weighted by Gasteiger charge is 2.42. The molecule has 9 heavy (non-hydrogen) atoms. The molecule has 2 saturated carbocycles. The van der Waals surface area contributed by atoms with Crippen LogP contribution in [-0.4, -0.2) is 11.7 Å². The van der Waals surface area contributed by atoms with Crippen molar-refractivity contribution < 1.29 is 5.11 Å². The lowest BCUT2D eigenvalue weighted by atomic mass is 9.67. The highest BCUT2D eigenvalue weighted by Crippen LogP contribution is 2.50. The molecule has 0 bridgehead atoms. The Hall–Kier alpha value is -0.0400. The van der Waals surface area contributed by atoms with E-state index in [1.165, 1.54) is 25.7 Å². The maximum absolute atomic E-state index is 8.83. The van der Waals surface area contributed by atoms with Crippen LogP contribution in [0.3, 0.4) is 0 Å². The lowest BCUT2D eigenvalue weighted by Gasteiger charge is -2.39. The smallest absolute Gasteiger partial charge is 0.0462 e. The zero-order valence-corrected chi connectivity index (χ0v) is 5.71. The van der Waals surface area contributed by atoms with Gasteiger partial charge >= 0.3 is 0 Å². The van der Waals surface area contributed by atoms with E-state index < -0.39 is 0 Å². The normalized spacial score (nSPS) is 48.3. The molecule has 0 spiro atoms. The molecule has 0 heterocycles. The summed E-state index contributed by atoms with van der Waals surface area (Å²) in [5, 5.41) is 8.83. The van der Waals surface area contributed by atoms with E-state index in [1.54, 1.807) is 0 Å². The predicted octanol–water partition coefficient (Wildman–Crippen LogP) is 1.41. The lowest BCUT2D eigenvalue weighted by molar-refractivity contribution is 0.0454. The van der Waals surface area contributed by atoms with Crippen molar-refractivity contribution in [2.75, 3.05) is 6.61 Å². The van der Waals surface area contributed by atoms with E-state index in [1.807, 2.05) is 0 Å². The van der Waals surface area contributed by atoms with Crippen molar-refractivity contribution in [3.63, 3.8) is 0 Å². The van der Waals surface area contributed by atoms with E-state index in [-0.39, 0.29) is 0 Å². The average Bonchev–Trinajstić information content (AvgIpc) is 2.14. The Labute approximate surface area is 56.1 Å². The summed E-state index contributed by atoms with van der Waals surface area (Å²) in [5.41, 5.74) is 0. The van der Waals surface area contributed by atoms with Gasteiger partial charge in [0.1, 0.15) is 0 Å². The topological polar surface area (TPSA) is 20.2 Å². The Bertz CT molecular complexity index is 111. The summed E-state index contributed by atoms with van der Waals surface area (Å²) in [7, 11) is 0. The van der Waals surface area contributed by atoms with Gasteiger partial charge in [0.05, 0.1) is 0 Å². The molecule has 0 radical (unpaired) electrons. The van der Waals surface area contributed by atoms with E-state index in [0.717, 1.165) is 11.8 Å². The van der Waals surface area contributed by atoms with Crippen LogP contribution in [0.25, 0.3) is 0 Å². The predicted molar refractivity (Wildman–Crippen MR) is 36.0 cm³/mol. The van der Waals surface area contributed by atoms with Gasteiger partial charge in [-0.1, -0.05) is 12.8 Å². The minimum absolute atomic E-state index is 0.446. The zero-order chi connectivity index (χ0) is 6.27. The fraction of sp³-hybridized carbons (Fsp3) is 1.00. The second-order valence-corrected chi connectivity index (χ2v) is 3.53. The Morgan fingerprint density at radius 2 is 2.22 bits per heavy atom. The third-order valence-corrected chi connectivity index (χ3v) is 3.16. The molecule has 0 aromatic rings. The fourth-order valence-corrected chi connectivity index (χ4v) is 2.56. The third kappa shape index (κ3) is 0.710. The van der Waals surface area contributed by atoms with Gasteiger partial charge in [-0.15, -0.1) is 0 Å². The van der Waals surface area contributed by atoms with Gasteiger partial charge in [0.15, 0.2) is 0 Å². The molecule has 0 unspecified atom stereocenters. The Morgan fingerprint density at radius 3 is 2.89 bits per heavy atom. The van der Waals surface area contributed by atoms with Crippen molar-refractivity contribution in [1.82, 2.24) is 0 Å². The number of hydrogen-bond donors (Lipinski definition) is 1. The molecule has 2 fully saturated rings. The largest absolute Gasteiger partial charge is 0.396 e. The van der Waals surface area contributed by atoms with Gasteiger partial charge in [0, 0.05) is 6.61 Å². The first-order valence-corrected chi connectivity index (χ1v) is 4.02. The molecule has 0 aliphatic heterocycles. The number of fused-ring (bicyclic) bond motifs is 1. The second-order valence-electron chi connectivity index (χ2n) is 3.53. The SMILES string of the molecule is OC[C@@H]1C[C@@H]2CCC[C@H]12. The van der Waals surface area contributed by atoms with E-state index >= 15 is 0 Å². The molecule has 0 amide bonds. The Kier molecular flexibility index (Phi) is 1.26. The van der Waals surface area contributed by atoms with E-state index in [9.17, 15) is 0 Å². The molecule has 52 valence electrons. The standard InChI is InChI=1S/C8H14O/c9-5-7-4-6-2-1-3-8(6)7/h6-9H,1-5H2/t6-,7-,8-/m0/s1. The van der Waals surface area contributed by atoms with Crippen LogP contribution in [0, 0.1) is 17.8 Å². The minimum atomic E-state index is 0.446. The number of aliphatic hydroxyl groups is 1. The molecule has 1 heteroatoms. The third-order valence-electron chi connectivity index (χ3n) is 3.16. The summed E-state index contributed by atoms with van der Waals surface area (Å²) < 4.78 is 0. The van der Waals surface area contributed by atoms with Crippen LogP contribution in [0.1, 0.15) is 25.7 Å². The van der Waals surface area contributed by atoms with Crippen LogP contribution < -0.4 is 0 Å². The van der Waals surface area contributed by atoms with Crippen LogP contribution in [0.5, 0.6) is 0 Å². The molecule has 3 atom stereocenters. The molecular weight excluding hydrogens is 112 g/mol. The maximum Gasteiger partial charge on any atom is 0.0462 e. The van der Waals surface area contributed by atoms with Gasteiger partial charge in [-0.2, -0.15) is 0 Å². The van der Waals surface area contributed by atoms with Gasteiger partial charge in [-0.25, -0.2) is 0 Å². The van der Waals surface area contributed by atoms with Crippen LogP contribution >= 0.6 is 0 Å². The van der Waals surface area contributed by atoms with Crippen molar-refractivity contribution in [2.24, 2.45) is 17.8 Å². The summed E-state index contributed by atoms with van der Waals surface area (Å²) in [6.07, 6.45) is 5.59. The van der Waals surface area contributed by atoms with Gasteiger partial charge in [-0.05, 0) is 30.6 Å². The highest BCUT2D eigenvalue weighted by molar-refractivity contribution is 4.92. The first kappa shape index (κ1) is 5.72. The molecule has 0 saturated heterocycles. The molecule has 2 aliphatic rings. The van der Waals surface area contributed by atoms with Crippen molar-refractivity contribution in [3.8, 4) is 0 Å². The molecular formula is C8H14O. The summed E-state index contributed by atoms with van der Waals surface area (Å²) in [5.74, 6) is 2.63. The van der Waals surface area contributed by atoms with Crippen LogP contribution in [0.4, 0.5) is 0 Å². The molecule has 1 N–H and O–H groups in total. The molecule has 2 aliphatic carbocycles. The number of rotatable bonds is 1. The van der Waals surface area contributed by atoms with Gasteiger partial charge in [0.25, 0.3) is 0 Å². The van der Waals surface area contributed by atoms with E-state index in [2.05, 4.69) is 0 Å². The molecule has 0 aromatic carbocycles. The maximum atomic E-state index is 8.83. The highest BCUT2D eigenvalue weighted by atomic mass is 16.3. The quantitative estimate of drug-likeness (QED) is 0.563. The fourth-order valence-electron chi connectivity index (χ4n) is 2.56. The van der Waals surface area contributed by atoms with E-state index in [0.29, 0.717) is 12.5 Å². The minimum Gasteiger partial charge on any atom is -0.396 e. The van der Waals surface area contributed by atoms with Crippen molar-refractivity contribution >= 4 is 0 Å². The van der Waals surface area contributed by atoms with Gasteiger partial charge in [-0.3, -0.25) is 0 Å².